The number of nitrogens with zero attached hydrogens (tertiary/aromatic N) is 2. The maximum atomic E-state index is 12.3. The van der Waals surface area contributed by atoms with Crippen molar-refractivity contribution in [1.82, 2.24) is 15.1 Å². The van der Waals surface area contributed by atoms with Gasteiger partial charge in [-0.25, -0.2) is 0 Å². The Morgan fingerprint density at radius 1 is 1.20 bits per heavy atom. The summed E-state index contributed by atoms with van der Waals surface area (Å²) in [5.41, 5.74) is 0.757. The second-order valence-electron chi connectivity index (χ2n) is 5.28. The van der Waals surface area contributed by atoms with Gasteiger partial charge >= 0.3 is 0 Å². The van der Waals surface area contributed by atoms with E-state index in [4.69, 9.17) is 0 Å². The first-order chi connectivity index (χ1) is 9.75. The van der Waals surface area contributed by atoms with E-state index in [0.717, 1.165) is 24.9 Å². The highest BCUT2D eigenvalue weighted by atomic mass is 32.1. The molecule has 5 nitrogen and oxygen atoms in total. The van der Waals surface area contributed by atoms with E-state index in [0.29, 0.717) is 26.2 Å². The smallest absolute Gasteiger partial charge is 0.254 e. The van der Waals surface area contributed by atoms with Crippen LogP contribution in [0.3, 0.4) is 0 Å². The minimum atomic E-state index is -0.00544. The molecule has 1 atom stereocenters. The minimum absolute atomic E-state index is 0.00544. The molecule has 1 aromatic heterocycles. The van der Waals surface area contributed by atoms with Crippen molar-refractivity contribution in [3.63, 3.8) is 0 Å². The molecule has 0 saturated carbocycles. The molecule has 2 amide bonds. The number of amides is 2. The van der Waals surface area contributed by atoms with Crippen molar-refractivity contribution >= 4 is 23.2 Å². The summed E-state index contributed by atoms with van der Waals surface area (Å²) in [7, 11) is 0. The highest BCUT2D eigenvalue weighted by Crippen LogP contribution is 2.14. The Balaban J connectivity index is 1.54. The third-order valence-electron chi connectivity index (χ3n) is 4.01. The Morgan fingerprint density at radius 2 is 1.95 bits per heavy atom. The predicted octanol–water partition coefficient (Wildman–Crippen LogP) is 0.784. The van der Waals surface area contributed by atoms with Crippen molar-refractivity contribution in [2.75, 3.05) is 32.7 Å². The van der Waals surface area contributed by atoms with Crippen LogP contribution in [0.1, 0.15) is 23.2 Å². The SMILES string of the molecule is O=C(c1ccsc1)N1CCN(C(=O)C2CCCN2)CC1. The maximum Gasteiger partial charge on any atom is 0.254 e. The Hall–Kier alpha value is -1.40. The summed E-state index contributed by atoms with van der Waals surface area (Å²) in [5, 5.41) is 7.03. The third-order valence-corrected chi connectivity index (χ3v) is 4.69. The number of hydrogen-bond acceptors (Lipinski definition) is 4. The molecule has 0 radical (unpaired) electrons. The number of carbonyl (C=O) groups excluding carboxylic acids is 2. The first-order valence-electron chi connectivity index (χ1n) is 7.09. The third kappa shape index (κ3) is 2.71. The number of piperazine rings is 1. The zero-order chi connectivity index (χ0) is 13.9. The van der Waals surface area contributed by atoms with E-state index >= 15 is 0 Å². The molecule has 2 fully saturated rings. The van der Waals surface area contributed by atoms with Gasteiger partial charge in [-0.2, -0.15) is 11.3 Å². The fraction of sp³-hybridized carbons (Fsp3) is 0.571. The Kier molecular flexibility index (Phi) is 4.03. The number of rotatable bonds is 2. The van der Waals surface area contributed by atoms with Crippen molar-refractivity contribution in [2.45, 2.75) is 18.9 Å². The van der Waals surface area contributed by atoms with Crippen molar-refractivity contribution in [2.24, 2.45) is 0 Å². The van der Waals surface area contributed by atoms with Gasteiger partial charge in [-0.3, -0.25) is 9.59 Å². The molecule has 2 aliphatic heterocycles. The van der Waals surface area contributed by atoms with E-state index in [-0.39, 0.29) is 17.9 Å². The number of thiophene rings is 1. The van der Waals surface area contributed by atoms with Gasteiger partial charge in [-0.15, -0.1) is 0 Å². The summed E-state index contributed by atoms with van der Waals surface area (Å²) in [6.45, 7) is 3.49. The van der Waals surface area contributed by atoms with E-state index in [1.165, 1.54) is 11.3 Å². The molecule has 6 heteroatoms. The molecule has 1 N–H and O–H groups in total. The van der Waals surface area contributed by atoms with E-state index < -0.39 is 0 Å². The molecule has 20 heavy (non-hydrogen) atoms. The Labute approximate surface area is 122 Å². The number of carbonyl (C=O) groups is 2. The summed E-state index contributed by atoms with van der Waals surface area (Å²) in [5.74, 6) is 0.280. The normalized spacial score (nSPS) is 23.1. The van der Waals surface area contributed by atoms with E-state index in [1.807, 2.05) is 26.6 Å². The molecule has 1 aromatic rings. The van der Waals surface area contributed by atoms with Crippen LogP contribution in [0.25, 0.3) is 0 Å². The number of hydrogen-bond donors (Lipinski definition) is 1. The van der Waals surface area contributed by atoms with Crippen LogP contribution in [-0.2, 0) is 4.79 Å². The molecule has 0 bridgehead atoms. The fourth-order valence-corrected chi connectivity index (χ4v) is 3.44. The molecule has 3 heterocycles. The van der Waals surface area contributed by atoms with E-state index in [2.05, 4.69) is 5.32 Å². The van der Waals surface area contributed by atoms with Crippen LogP contribution in [0.2, 0.25) is 0 Å². The van der Waals surface area contributed by atoms with Gasteiger partial charge in [-0.05, 0) is 30.8 Å². The van der Waals surface area contributed by atoms with Crippen LogP contribution < -0.4 is 5.32 Å². The van der Waals surface area contributed by atoms with Crippen molar-refractivity contribution in [1.29, 1.82) is 0 Å². The molecule has 108 valence electrons. The lowest BCUT2D eigenvalue weighted by molar-refractivity contribution is -0.134. The second kappa shape index (κ2) is 5.93. The summed E-state index contributed by atoms with van der Waals surface area (Å²) in [4.78, 5) is 28.2. The van der Waals surface area contributed by atoms with Crippen LogP contribution >= 0.6 is 11.3 Å². The Bertz CT molecular complexity index is 475. The first-order valence-corrected chi connectivity index (χ1v) is 8.03. The average molecular weight is 293 g/mol. The highest BCUT2D eigenvalue weighted by Gasteiger charge is 2.30. The maximum absolute atomic E-state index is 12.3. The van der Waals surface area contributed by atoms with Gasteiger partial charge in [0.15, 0.2) is 0 Å². The van der Waals surface area contributed by atoms with E-state index in [1.54, 1.807) is 0 Å². The topological polar surface area (TPSA) is 52.7 Å². The molecule has 2 aliphatic rings. The summed E-state index contributed by atoms with van der Waals surface area (Å²) in [6, 6.07) is 1.85. The lowest BCUT2D eigenvalue weighted by Crippen LogP contribution is -2.54. The molecule has 2 saturated heterocycles. The molecule has 0 aromatic carbocycles. The molecule has 0 aliphatic carbocycles. The molecule has 3 rings (SSSR count). The van der Waals surface area contributed by atoms with Crippen LogP contribution in [0, 0.1) is 0 Å². The molecular formula is C14H19N3O2S. The predicted molar refractivity (Wildman–Crippen MR) is 77.8 cm³/mol. The zero-order valence-electron chi connectivity index (χ0n) is 11.4. The van der Waals surface area contributed by atoms with Gasteiger partial charge in [0.25, 0.3) is 5.91 Å². The largest absolute Gasteiger partial charge is 0.338 e. The first kappa shape index (κ1) is 13.6. The van der Waals surface area contributed by atoms with Gasteiger partial charge in [0.1, 0.15) is 0 Å². The van der Waals surface area contributed by atoms with Crippen LogP contribution in [0.5, 0.6) is 0 Å². The second-order valence-corrected chi connectivity index (χ2v) is 6.06. The monoisotopic (exact) mass is 293 g/mol. The lowest BCUT2D eigenvalue weighted by Gasteiger charge is -2.35. The lowest BCUT2D eigenvalue weighted by atomic mass is 10.1. The quantitative estimate of drug-likeness (QED) is 0.877. The van der Waals surface area contributed by atoms with E-state index in [9.17, 15) is 9.59 Å². The molecule has 0 spiro atoms. The molecular weight excluding hydrogens is 274 g/mol. The van der Waals surface area contributed by atoms with Crippen LogP contribution in [0.15, 0.2) is 16.8 Å². The minimum Gasteiger partial charge on any atom is -0.338 e. The van der Waals surface area contributed by atoms with Gasteiger partial charge in [0, 0.05) is 31.6 Å². The standard InChI is InChI=1S/C14H19N3O2S/c18-13(11-3-9-20-10-11)16-5-7-17(8-6-16)14(19)12-2-1-4-15-12/h3,9-10,12,15H,1-2,4-8H2. The zero-order valence-corrected chi connectivity index (χ0v) is 12.2. The fourth-order valence-electron chi connectivity index (χ4n) is 2.81. The average Bonchev–Trinajstić information content (AvgIpc) is 3.18. The molecule has 1 unspecified atom stereocenters. The summed E-state index contributed by atoms with van der Waals surface area (Å²) in [6.07, 6.45) is 2.01. The van der Waals surface area contributed by atoms with Crippen molar-refractivity contribution in [3.8, 4) is 0 Å². The Morgan fingerprint density at radius 3 is 2.55 bits per heavy atom. The van der Waals surface area contributed by atoms with Crippen LogP contribution in [-0.4, -0.2) is 60.4 Å². The summed E-state index contributed by atoms with van der Waals surface area (Å²) < 4.78 is 0. The van der Waals surface area contributed by atoms with Gasteiger partial charge in [0.2, 0.25) is 5.91 Å². The van der Waals surface area contributed by atoms with Gasteiger partial charge in [-0.1, -0.05) is 0 Å². The highest BCUT2D eigenvalue weighted by molar-refractivity contribution is 7.08. The van der Waals surface area contributed by atoms with Crippen LogP contribution in [0.4, 0.5) is 0 Å². The van der Waals surface area contributed by atoms with Crippen molar-refractivity contribution in [3.05, 3.63) is 22.4 Å². The van der Waals surface area contributed by atoms with Crippen molar-refractivity contribution < 1.29 is 9.59 Å². The van der Waals surface area contributed by atoms with Gasteiger partial charge in [0.05, 0.1) is 11.6 Å². The van der Waals surface area contributed by atoms with Gasteiger partial charge < -0.3 is 15.1 Å². The summed E-state index contributed by atoms with van der Waals surface area (Å²) >= 11 is 1.53. The number of nitrogens with one attached hydrogen (secondary N) is 1.